The zero-order valence-electron chi connectivity index (χ0n) is 13.3. The standard InChI is InChI=1S/C19H14FN3OS/c1-11-16(12-5-7-13(20)8-6-12)17-18(21-10-22-19(17)25-11)23-14-3-2-4-15(24)9-14/h2-10,24H,1H3,(H,21,22,23). The normalized spacial score (nSPS) is 11.0. The quantitative estimate of drug-likeness (QED) is 0.529. The summed E-state index contributed by atoms with van der Waals surface area (Å²) in [6, 6.07) is 13.3. The molecular formula is C19H14FN3OS. The van der Waals surface area contributed by atoms with E-state index in [-0.39, 0.29) is 11.6 Å². The molecule has 4 nitrogen and oxygen atoms in total. The van der Waals surface area contributed by atoms with Crippen molar-refractivity contribution in [1.29, 1.82) is 0 Å². The highest BCUT2D eigenvalue weighted by atomic mass is 32.1. The SMILES string of the molecule is Cc1sc2ncnc(Nc3cccc(O)c3)c2c1-c1ccc(F)cc1. The van der Waals surface area contributed by atoms with Crippen LogP contribution >= 0.6 is 11.3 Å². The van der Waals surface area contributed by atoms with E-state index < -0.39 is 0 Å². The average molecular weight is 351 g/mol. The molecule has 25 heavy (non-hydrogen) atoms. The van der Waals surface area contributed by atoms with Crippen LogP contribution in [0.3, 0.4) is 0 Å². The maximum absolute atomic E-state index is 13.3. The van der Waals surface area contributed by atoms with E-state index in [1.165, 1.54) is 18.5 Å². The largest absolute Gasteiger partial charge is 0.508 e. The summed E-state index contributed by atoms with van der Waals surface area (Å²) >= 11 is 1.57. The Balaban J connectivity index is 1.89. The van der Waals surface area contributed by atoms with Crippen LogP contribution < -0.4 is 5.32 Å². The van der Waals surface area contributed by atoms with Crippen LogP contribution in [-0.2, 0) is 0 Å². The van der Waals surface area contributed by atoms with Crippen LogP contribution in [0.1, 0.15) is 4.88 Å². The Morgan fingerprint density at radius 3 is 2.64 bits per heavy atom. The second-order valence-corrected chi connectivity index (χ2v) is 6.82. The number of aryl methyl sites for hydroxylation is 1. The molecule has 0 unspecified atom stereocenters. The van der Waals surface area contributed by atoms with Gasteiger partial charge in [-0.15, -0.1) is 11.3 Å². The first-order valence-corrected chi connectivity index (χ1v) is 8.49. The number of aromatic hydroxyl groups is 1. The van der Waals surface area contributed by atoms with Gasteiger partial charge in [-0.3, -0.25) is 0 Å². The third-order valence-corrected chi connectivity index (χ3v) is 4.92. The van der Waals surface area contributed by atoms with Crippen molar-refractivity contribution in [3.8, 4) is 16.9 Å². The number of nitrogens with one attached hydrogen (secondary N) is 1. The van der Waals surface area contributed by atoms with Crippen molar-refractivity contribution in [1.82, 2.24) is 9.97 Å². The Morgan fingerprint density at radius 1 is 1.08 bits per heavy atom. The molecular weight excluding hydrogens is 337 g/mol. The summed E-state index contributed by atoms with van der Waals surface area (Å²) in [5.74, 6) is 0.560. The number of rotatable bonds is 3. The number of aromatic nitrogens is 2. The van der Waals surface area contributed by atoms with Crippen molar-refractivity contribution >= 4 is 33.1 Å². The maximum Gasteiger partial charge on any atom is 0.143 e. The van der Waals surface area contributed by atoms with Crippen LogP contribution in [0.5, 0.6) is 5.75 Å². The Hall–Kier alpha value is -2.99. The maximum atomic E-state index is 13.3. The monoisotopic (exact) mass is 351 g/mol. The van der Waals surface area contributed by atoms with Gasteiger partial charge in [-0.2, -0.15) is 0 Å². The zero-order valence-corrected chi connectivity index (χ0v) is 14.1. The van der Waals surface area contributed by atoms with Gasteiger partial charge in [0.2, 0.25) is 0 Å². The first-order valence-electron chi connectivity index (χ1n) is 7.68. The Kier molecular flexibility index (Phi) is 3.82. The molecule has 0 aliphatic carbocycles. The minimum Gasteiger partial charge on any atom is -0.508 e. The lowest BCUT2D eigenvalue weighted by atomic mass is 10.0. The molecule has 0 amide bonds. The summed E-state index contributed by atoms with van der Waals surface area (Å²) in [5.41, 5.74) is 2.64. The fourth-order valence-electron chi connectivity index (χ4n) is 2.82. The lowest BCUT2D eigenvalue weighted by molar-refractivity contribution is 0.475. The van der Waals surface area contributed by atoms with Crippen LogP contribution in [0.15, 0.2) is 54.9 Å². The highest BCUT2D eigenvalue weighted by Crippen LogP contribution is 2.41. The van der Waals surface area contributed by atoms with Gasteiger partial charge < -0.3 is 10.4 Å². The first kappa shape index (κ1) is 15.5. The van der Waals surface area contributed by atoms with Crippen LogP contribution in [0.25, 0.3) is 21.3 Å². The molecule has 2 heterocycles. The highest BCUT2D eigenvalue weighted by Gasteiger charge is 2.17. The summed E-state index contributed by atoms with van der Waals surface area (Å²) in [7, 11) is 0. The number of fused-ring (bicyclic) bond motifs is 1. The van der Waals surface area contributed by atoms with E-state index in [1.807, 2.05) is 13.0 Å². The van der Waals surface area contributed by atoms with Gasteiger partial charge in [0.25, 0.3) is 0 Å². The van der Waals surface area contributed by atoms with Gasteiger partial charge in [0.05, 0.1) is 5.39 Å². The molecule has 0 bridgehead atoms. The molecule has 4 aromatic rings. The Bertz CT molecular complexity index is 1060. The van der Waals surface area contributed by atoms with E-state index in [0.29, 0.717) is 5.82 Å². The summed E-state index contributed by atoms with van der Waals surface area (Å²) in [6.07, 6.45) is 1.51. The van der Waals surface area contributed by atoms with Gasteiger partial charge in [-0.05, 0) is 36.8 Å². The molecule has 2 aromatic carbocycles. The third kappa shape index (κ3) is 2.92. The van der Waals surface area contributed by atoms with Crippen LogP contribution in [-0.4, -0.2) is 15.1 Å². The van der Waals surface area contributed by atoms with Gasteiger partial charge in [0, 0.05) is 22.2 Å². The Morgan fingerprint density at radius 2 is 1.88 bits per heavy atom. The van der Waals surface area contributed by atoms with Crippen LogP contribution in [0.4, 0.5) is 15.9 Å². The van der Waals surface area contributed by atoms with Gasteiger partial charge in [0.1, 0.15) is 28.5 Å². The molecule has 0 radical (unpaired) electrons. The number of benzene rings is 2. The molecule has 0 spiro atoms. The molecule has 0 aliphatic heterocycles. The number of phenolic OH excluding ortho intramolecular Hbond substituents is 1. The summed E-state index contributed by atoms with van der Waals surface area (Å²) in [6.45, 7) is 2.02. The van der Waals surface area contributed by atoms with Crippen LogP contribution in [0, 0.1) is 12.7 Å². The molecule has 2 aromatic heterocycles. The number of nitrogens with zero attached hydrogens (tertiary/aromatic N) is 2. The van der Waals surface area contributed by atoms with Gasteiger partial charge in [-0.1, -0.05) is 18.2 Å². The lowest BCUT2D eigenvalue weighted by Gasteiger charge is -2.09. The molecule has 0 fully saturated rings. The number of phenols is 1. The van der Waals surface area contributed by atoms with E-state index in [4.69, 9.17) is 0 Å². The number of anilines is 2. The van der Waals surface area contributed by atoms with Crippen molar-refractivity contribution in [2.75, 3.05) is 5.32 Å². The summed E-state index contributed by atoms with van der Waals surface area (Å²) < 4.78 is 13.3. The fourth-order valence-corrected chi connectivity index (χ4v) is 3.84. The highest BCUT2D eigenvalue weighted by molar-refractivity contribution is 7.19. The number of halogens is 1. The van der Waals surface area contributed by atoms with Crippen LogP contribution in [0.2, 0.25) is 0 Å². The van der Waals surface area contributed by atoms with E-state index in [9.17, 15) is 9.50 Å². The predicted octanol–water partition coefficient (Wildman–Crippen LogP) is 5.26. The van der Waals surface area contributed by atoms with E-state index in [1.54, 1.807) is 41.7 Å². The van der Waals surface area contributed by atoms with Crippen molar-refractivity contribution < 1.29 is 9.50 Å². The second-order valence-electron chi connectivity index (χ2n) is 5.62. The molecule has 2 N–H and O–H groups in total. The minimum atomic E-state index is -0.268. The Labute approximate surface area is 147 Å². The molecule has 124 valence electrons. The lowest BCUT2D eigenvalue weighted by Crippen LogP contribution is -1.95. The van der Waals surface area contributed by atoms with E-state index in [0.717, 1.165) is 31.9 Å². The molecule has 0 atom stereocenters. The van der Waals surface area contributed by atoms with Gasteiger partial charge in [0.15, 0.2) is 0 Å². The molecule has 4 rings (SSSR count). The minimum absolute atomic E-state index is 0.176. The van der Waals surface area contributed by atoms with Crippen molar-refractivity contribution in [3.63, 3.8) is 0 Å². The molecule has 0 aliphatic rings. The number of hydrogen-bond acceptors (Lipinski definition) is 5. The number of thiophene rings is 1. The molecule has 0 saturated carbocycles. The van der Waals surface area contributed by atoms with E-state index >= 15 is 0 Å². The zero-order chi connectivity index (χ0) is 17.4. The average Bonchev–Trinajstić information content (AvgIpc) is 2.93. The van der Waals surface area contributed by atoms with Gasteiger partial charge in [-0.25, -0.2) is 14.4 Å². The smallest absolute Gasteiger partial charge is 0.143 e. The molecule has 0 saturated heterocycles. The number of hydrogen-bond donors (Lipinski definition) is 2. The fraction of sp³-hybridized carbons (Fsp3) is 0.0526. The molecule has 6 heteroatoms. The third-order valence-electron chi connectivity index (χ3n) is 3.91. The summed E-state index contributed by atoms with van der Waals surface area (Å²) in [4.78, 5) is 10.7. The van der Waals surface area contributed by atoms with Crippen molar-refractivity contribution in [3.05, 3.63) is 65.6 Å². The topological polar surface area (TPSA) is 58.0 Å². The van der Waals surface area contributed by atoms with Gasteiger partial charge >= 0.3 is 0 Å². The summed E-state index contributed by atoms with van der Waals surface area (Å²) in [5, 5.41) is 13.8. The van der Waals surface area contributed by atoms with Crippen molar-refractivity contribution in [2.45, 2.75) is 6.92 Å². The first-order chi connectivity index (χ1) is 12.1. The van der Waals surface area contributed by atoms with E-state index in [2.05, 4.69) is 15.3 Å². The predicted molar refractivity (Wildman–Crippen MR) is 98.9 cm³/mol. The second kappa shape index (κ2) is 6.14. The van der Waals surface area contributed by atoms with Crippen molar-refractivity contribution in [2.24, 2.45) is 0 Å².